The van der Waals surface area contributed by atoms with Crippen molar-refractivity contribution in [3.8, 4) is 5.75 Å². The minimum atomic E-state index is -0.259. The molecule has 0 bridgehead atoms. The summed E-state index contributed by atoms with van der Waals surface area (Å²) in [5.74, 6) is 1.27. The van der Waals surface area contributed by atoms with E-state index in [0.717, 1.165) is 5.75 Å². The van der Waals surface area contributed by atoms with Gasteiger partial charge in [0.25, 0.3) is 0 Å². The Morgan fingerprint density at radius 2 is 1.95 bits per heavy atom. The minimum Gasteiger partial charge on any atom is -0.497 e. The molecule has 0 spiro atoms. The number of methoxy groups -OCH3 is 1. The molecule has 2 rings (SSSR count). The average molecular weight is 277 g/mol. The maximum Gasteiger partial charge on any atom is 0.146 e. The van der Waals surface area contributed by atoms with Crippen molar-refractivity contribution in [2.75, 3.05) is 24.7 Å². The molecule has 100 valence electrons. The molecule has 2 nitrogen and oxygen atoms in total. The lowest BCUT2D eigenvalue weighted by Crippen LogP contribution is -2.05. The van der Waals surface area contributed by atoms with Gasteiger partial charge in [-0.2, -0.15) is 0 Å². The molecule has 1 N–H and O–H groups in total. The quantitative estimate of drug-likeness (QED) is 0.636. The van der Waals surface area contributed by atoms with E-state index >= 15 is 0 Å². The number of rotatable bonds is 6. The summed E-state index contributed by atoms with van der Waals surface area (Å²) < 4.78 is 18.6. The standard InChI is InChI=1S/C15H16FNOS/c1-18-12-7-8-14(16)15(11-12)17-9-10-19-13-5-3-2-4-6-13/h2-8,11,17H,9-10H2,1H3. The first kappa shape index (κ1) is 13.7. The molecule has 0 unspecified atom stereocenters. The van der Waals surface area contributed by atoms with E-state index in [2.05, 4.69) is 17.4 Å². The van der Waals surface area contributed by atoms with Crippen LogP contribution in [0.2, 0.25) is 0 Å². The maximum atomic E-state index is 13.5. The molecule has 0 saturated heterocycles. The summed E-state index contributed by atoms with van der Waals surface area (Å²) in [6.45, 7) is 0.698. The van der Waals surface area contributed by atoms with Gasteiger partial charge in [-0.05, 0) is 24.3 Å². The summed E-state index contributed by atoms with van der Waals surface area (Å²) in [5.41, 5.74) is 0.480. The molecule has 0 aliphatic heterocycles. The number of thioether (sulfide) groups is 1. The summed E-state index contributed by atoms with van der Waals surface area (Å²) in [5, 5.41) is 3.08. The van der Waals surface area contributed by atoms with Crippen LogP contribution in [0.1, 0.15) is 0 Å². The monoisotopic (exact) mass is 277 g/mol. The van der Waals surface area contributed by atoms with Gasteiger partial charge < -0.3 is 10.1 Å². The lowest BCUT2D eigenvalue weighted by molar-refractivity contribution is 0.414. The first-order valence-electron chi connectivity index (χ1n) is 6.05. The Labute approximate surface area is 117 Å². The van der Waals surface area contributed by atoms with Crippen molar-refractivity contribution < 1.29 is 9.13 Å². The molecule has 0 fully saturated rings. The molecule has 0 saturated carbocycles. The van der Waals surface area contributed by atoms with E-state index in [1.807, 2.05) is 18.2 Å². The number of halogens is 1. The highest BCUT2D eigenvalue weighted by Gasteiger charge is 2.03. The number of anilines is 1. The van der Waals surface area contributed by atoms with Crippen molar-refractivity contribution in [3.63, 3.8) is 0 Å². The van der Waals surface area contributed by atoms with Crippen LogP contribution in [-0.2, 0) is 0 Å². The van der Waals surface area contributed by atoms with Gasteiger partial charge in [0.05, 0.1) is 12.8 Å². The van der Waals surface area contributed by atoms with Crippen LogP contribution < -0.4 is 10.1 Å². The largest absolute Gasteiger partial charge is 0.497 e. The van der Waals surface area contributed by atoms with Gasteiger partial charge in [-0.15, -0.1) is 11.8 Å². The van der Waals surface area contributed by atoms with Crippen LogP contribution in [0.3, 0.4) is 0 Å². The van der Waals surface area contributed by atoms with E-state index < -0.39 is 0 Å². The Hall–Kier alpha value is -1.68. The predicted molar refractivity (Wildman–Crippen MR) is 78.6 cm³/mol. The summed E-state index contributed by atoms with van der Waals surface area (Å²) >= 11 is 1.74. The molecular weight excluding hydrogens is 261 g/mol. The molecule has 0 heterocycles. The molecule has 0 aliphatic rings. The third-order valence-electron chi connectivity index (χ3n) is 2.60. The second-order valence-corrected chi connectivity index (χ2v) is 5.10. The predicted octanol–water partition coefficient (Wildman–Crippen LogP) is 4.04. The van der Waals surface area contributed by atoms with Gasteiger partial charge in [0, 0.05) is 23.3 Å². The van der Waals surface area contributed by atoms with Crippen molar-refractivity contribution in [3.05, 3.63) is 54.3 Å². The van der Waals surface area contributed by atoms with Crippen LogP contribution in [-0.4, -0.2) is 19.4 Å². The van der Waals surface area contributed by atoms with Gasteiger partial charge in [-0.3, -0.25) is 0 Å². The van der Waals surface area contributed by atoms with Gasteiger partial charge in [-0.25, -0.2) is 4.39 Å². The normalized spacial score (nSPS) is 10.2. The SMILES string of the molecule is COc1ccc(F)c(NCCSc2ccccc2)c1. The molecule has 19 heavy (non-hydrogen) atoms. The van der Waals surface area contributed by atoms with Gasteiger partial charge in [0.2, 0.25) is 0 Å². The van der Waals surface area contributed by atoms with E-state index in [9.17, 15) is 4.39 Å². The lowest BCUT2D eigenvalue weighted by Gasteiger charge is -2.09. The van der Waals surface area contributed by atoms with Crippen LogP contribution in [0.15, 0.2) is 53.4 Å². The fourth-order valence-electron chi connectivity index (χ4n) is 1.64. The van der Waals surface area contributed by atoms with Crippen LogP contribution in [0.5, 0.6) is 5.75 Å². The van der Waals surface area contributed by atoms with E-state index in [1.165, 1.54) is 11.0 Å². The fourth-order valence-corrected chi connectivity index (χ4v) is 2.43. The third-order valence-corrected chi connectivity index (χ3v) is 3.62. The molecule has 4 heteroatoms. The fraction of sp³-hybridized carbons (Fsp3) is 0.200. The second-order valence-electron chi connectivity index (χ2n) is 3.93. The average Bonchev–Trinajstić information content (AvgIpc) is 2.46. The van der Waals surface area contributed by atoms with Crippen molar-refractivity contribution in [1.29, 1.82) is 0 Å². The number of benzene rings is 2. The van der Waals surface area contributed by atoms with Crippen molar-refractivity contribution in [1.82, 2.24) is 0 Å². The molecule has 0 amide bonds. The number of hydrogen-bond acceptors (Lipinski definition) is 3. The first-order chi connectivity index (χ1) is 9.29. The highest BCUT2D eigenvalue weighted by atomic mass is 32.2. The Bertz CT molecular complexity index is 519. The smallest absolute Gasteiger partial charge is 0.146 e. The molecular formula is C15H16FNOS. The van der Waals surface area contributed by atoms with Gasteiger partial charge >= 0.3 is 0 Å². The number of ether oxygens (including phenoxy) is 1. The van der Waals surface area contributed by atoms with Gasteiger partial charge in [0.15, 0.2) is 0 Å². The van der Waals surface area contributed by atoms with E-state index in [-0.39, 0.29) is 5.82 Å². The summed E-state index contributed by atoms with van der Waals surface area (Å²) in [6.07, 6.45) is 0. The summed E-state index contributed by atoms with van der Waals surface area (Å²) in [6, 6.07) is 14.8. The summed E-state index contributed by atoms with van der Waals surface area (Å²) in [4.78, 5) is 1.22. The van der Waals surface area contributed by atoms with Crippen LogP contribution in [0.25, 0.3) is 0 Å². The van der Waals surface area contributed by atoms with E-state index in [0.29, 0.717) is 18.0 Å². The first-order valence-corrected chi connectivity index (χ1v) is 7.03. The topological polar surface area (TPSA) is 21.3 Å². The van der Waals surface area contributed by atoms with Crippen LogP contribution in [0, 0.1) is 5.82 Å². The van der Waals surface area contributed by atoms with E-state index in [1.54, 1.807) is 31.0 Å². The highest BCUT2D eigenvalue weighted by molar-refractivity contribution is 7.99. The van der Waals surface area contributed by atoms with Gasteiger partial charge in [0.1, 0.15) is 11.6 Å². The zero-order chi connectivity index (χ0) is 13.5. The van der Waals surface area contributed by atoms with Gasteiger partial charge in [-0.1, -0.05) is 18.2 Å². The Kier molecular flexibility index (Phi) is 5.10. The second kappa shape index (κ2) is 7.04. The Morgan fingerprint density at radius 1 is 1.16 bits per heavy atom. The Balaban J connectivity index is 1.82. The maximum absolute atomic E-state index is 13.5. The van der Waals surface area contributed by atoms with Crippen LogP contribution >= 0.6 is 11.8 Å². The lowest BCUT2D eigenvalue weighted by atomic mass is 10.3. The summed E-state index contributed by atoms with van der Waals surface area (Å²) in [7, 11) is 1.57. The minimum absolute atomic E-state index is 0.259. The van der Waals surface area contributed by atoms with E-state index in [4.69, 9.17) is 4.74 Å². The van der Waals surface area contributed by atoms with Crippen molar-refractivity contribution in [2.45, 2.75) is 4.90 Å². The third kappa shape index (κ3) is 4.17. The zero-order valence-electron chi connectivity index (χ0n) is 10.7. The molecule has 2 aromatic carbocycles. The van der Waals surface area contributed by atoms with Crippen LogP contribution in [0.4, 0.5) is 10.1 Å². The molecule has 0 radical (unpaired) electrons. The molecule has 0 atom stereocenters. The molecule has 0 aromatic heterocycles. The Morgan fingerprint density at radius 3 is 2.68 bits per heavy atom. The number of nitrogens with one attached hydrogen (secondary N) is 1. The number of hydrogen-bond donors (Lipinski definition) is 1. The highest BCUT2D eigenvalue weighted by Crippen LogP contribution is 2.22. The van der Waals surface area contributed by atoms with Crippen molar-refractivity contribution in [2.24, 2.45) is 0 Å². The zero-order valence-corrected chi connectivity index (χ0v) is 11.5. The van der Waals surface area contributed by atoms with Crippen molar-refractivity contribution >= 4 is 17.4 Å². The molecule has 2 aromatic rings. The molecule has 0 aliphatic carbocycles.